The van der Waals surface area contributed by atoms with Crippen LogP contribution in [-0.4, -0.2) is 148 Å². The van der Waals surface area contributed by atoms with Gasteiger partial charge < -0.3 is 5.11 Å². The molecule has 0 bridgehead atoms. The number of hydrogen-bond donors (Lipinski definition) is 9. The van der Waals surface area contributed by atoms with Crippen molar-refractivity contribution >= 4 is 99.4 Å². The molecule has 32 heteroatoms. The van der Waals surface area contributed by atoms with Crippen molar-refractivity contribution in [2.45, 2.75) is 85.8 Å². The Labute approximate surface area is 441 Å². The number of carboxylic acid groups (broad SMARTS) is 1. The molecule has 0 radical (unpaired) electrons. The molecule has 25 nitrogen and oxygen atoms in total. The van der Waals surface area contributed by atoms with Gasteiger partial charge in [0.25, 0.3) is 0 Å². The molecule has 3 aromatic carbocycles. The number of nitrogens with zero attached hydrogens (tertiary/aromatic N) is 1. The van der Waals surface area contributed by atoms with Gasteiger partial charge in [-0.2, -0.15) is 0 Å². The Morgan fingerprint density at radius 1 is 0.680 bits per heavy atom. The van der Waals surface area contributed by atoms with Crippen LogP contribution >= 0.6 is 0 Å². The van der Waals surface area contributed by atoms with Gasteiger partial charge in [-0.05, 0) is 0 Å². The average Bonchev–Trinajstić information content (AvgIpc) is 3.49. The fourth-order valence-electron chi connectivity index (χ4n) is 8.71. The van der Waals surface area contributed by atoms with Gasteiger partial charge in [0.1, 0.15) is 0 Å². The van der Waals surface area contributed by atoms with E-state index in [1.54, 1.807) is 11.8 Å². The molecule has 0 aliphatic carbocycles. The van der Waals surface area contributed by atoms with E-state index in [2.05, 4.69) is 10.6 Å². The second kappa shape index (κ2) is 24.4. The summed E-state index contributed by atoms with van der Waals surface area (Å²) in [7, 11) is -28.7. The number of amides is 2. The van der Waals surface area contributed by atoms with E-state index < -0.39 is 135 Å². The van der Waals surface area contributed by atoms with Crippen LogP contribution in [0.25, 0.3) is 10.8 Å². The molecule has 1 heterocycles. The third-order valence-electron chi connectivity index (χ3n) is 12.1. The van der Waals surface area contributed by atoms with Gasteiger partial charge in [-0.25, -0.2) is 0 Å². The first-order valence-corrected chi connectivity index (χ1v) is 32.0. The molecule has 0 saturated heterocycles. The number of rotatable bonds is 28. The van der Waals surface area contributed by atoms with Crippen molar-refractivity contribution in [1.82, 2.24) is 10.6 Å². The predicted octanol–water partition coefficient (Wildman–Crippen LogP) is 2.74. The summed E-state index contributed by atoms with van der Waals surface area (Å²) >= 11 is 5.53. The molecule has 2 unspecified atom stereocenters. The number of carboxylic acids is 1. The molecule has 420 valence electrons. The number of benzene rings is 3. The predicted molar refractivity (Wildman–Crippen MR) is 269 cm³/mol. The first-order chi connectivity index (χ1) is 34.3. The van der Waals surface area contributed by atoms with Gasteiger partial charge in [0, 0.05) is 0 Å². The molecule has 0 saturated carbocycles. The molecule has 3 aromatic rings. The van der Waals surface area contributed by atoms with Gasteiger partial charge >= 0.3 is 435 Å². The van der Waals surface area contributed by atoms with Crippen molar-refractivity contribution in [3.05, 3.63) is 88.6 Å². The molecule has 4 rings (SSSR count). The molecule has 2 atom stereocenters. The first-order valence-electron chi connectivity index (χ1n) is 22.2. The summed E-state index contributed by atoms with van der Waals surface area (Å²) in [5.74, 6) is -6.47. The number of carbonyl (C=O) groups is 3. The van der Waals surface area contributed by atoms with Crippen molar-refractivity contribution in [3.8, 4) is 0 Å². The van der Waals surface area contributed by atoms with E-state index in [4.69, 9.17) is 19.6 Å². The van der Waals surface area contributed by atoms with Crippen LogP contribution < -0.4 is 15.5 Å². The second-order valence-electron chi connectivity index (χ2n) is 17.8. The van der Waals surface area contributed by atoms with Gasteiger partial charge in [0.05, 0.1) is 0 Å². The van der Waals surface area contributed by atoms with E-state index in [1.807, 2.05) is 0 Å². The quantitative estimate of drug-likeness (QED) is 0.0287. The summed E-state index contributed by atoms with van der Waals surface area (Å²) in [4.78, 5) is 38.2. The van der Waals surface area contributed by atoms with Crippen LogP contribution in [-0.2, 0) is 91.4 Å². The molecule has 1 aliphatic heterocycles. The van der Waals surface area contributed by atoms with E-state index in [0.717, 1.165) is 12.1 Å². The minimum absolute atomic E-state index is 0.00251. The molecule has 0 aromatic heterocycles. The number of fused-ring (bicyclic) bond motifs is 3. The summed E-state index contributed by atoms with van der Waals surface area (Å²) in [6.45, 7) is 1.71. The Kier molecular flexibility index (Phi) is 20.5. The fraction of sp³-hybridized carbons (Fsp3) is 0.442. The van der Waals surface area contributed by atoms with Crippen LogP contribution in [0.2, 0.25) is 0 Å². The summed E-state index contributed by atoms with van der Waals surface area (Å²) in [6.07, 6.45) is 4.09. The Morgan fingerprint density at radius 3 is 1.80 bits per heavy atom. The van der Waals surface area contributed by atoms with E-state index >= 15 is 0 Å². The van der Waals surface area contributed by atoms with Crippen molar-refractivity contribution in [1.29, 1.82) is 0 Å². The van der Waals surface area contributed by atoms with Crippen molar-refractivity contribution in [2.24, 2.45) is 0 Å². The third kappa shape index (κ3) is 17.7. The molecular weight excluding hydrogens is 1160 g/mol. The maximum atomic E-state index is 13.9. The average molecular weight is 1220 g/mol. The van der Waals surface area contributed by atoms with Gasteiger partial charge in [-0.3, -0.25) is 4.79 Å². The summed E-state index contributed by atoms with van der Waals surface area (Å²) < 4.78 is 202. The van der Waals surface area contributed by atoms with E-state index in [0.29, 0.717) is 18.2 Å². The molecule has 1 aliphatic rings. The van der Waals surface area contributed by atoms with E-state index in [-0.39, 0.29) is 94.7 Å². The van der Waals surface area contributed by atoms with Crippen molar-refractivity contribution in [3.63, 3.8) is 0 Å². The first kappa shape index (κ1) is 63.0. The van der Waals surface area contributed by atoms with Crippen molar-refractivity contribution < 1.29 is 112 Å². The van der Waals surface area contributed by atoms with Crippen LogP contribution in [0.1, 0.15) is 97.1 Å². The number of anilines is 1. The minimum atomic E-state index is -5.20. The zero-order valence-electron chi connectivity index (χ0n) is 39.8. The number of allylic oxidation sites excluding steroid dienone is 4. The Balaban J connectivity index is 2.02. The zero-order chi connectivity index (χ0) is 56.8. The topological polar surface area (TPSA) is 425 Å². The molecule has 9 N–H and O–H groups in total. The number of aliphatic carboxylic acids is 1. The molecule has 75 heavy (non-hydrogen) atoms. The summed E-state index contributed by atoms with van der Waals surface area (Å²) in [5.41, 5.74) is -2.85. The zero-order valence-corrected chi connectivity index (χ0v) is 45.7. The summed E-state index contributed by atoms with van der Waals surface area (Å²) in [5, 5.41) is 13.6. The van der Waals surface area contributed by atoms with Gasteiger partial charge in [-0.1, -0.05) is 0 Å². The van der Waals surface area contributed by atoms with Crippen molar-refractivity contribution in [2.75, 3.05) is 47.5 Å². The normalized spacial score (nSPS) is 17.0. The number of carbonyl (C=O) groups excluding carboxylic acids is 2. The SMILES string of the molecule is CC(CCCS(=O)(=O)O)([C](=[Ni])/C=C/C=C1/N(CCCS(=O)(=O)O)c2ccc3c(S(=O)(=O)O)cc(S(=O)(=O)O)cc3c2C1(C)CCCCCC(=O)O)c1ccc(C(=O)NCCS(=O)(=O)O)cc1C(=O)NCCS(=O)(=O)O. The summed E-state index contributed by atoms with van der Waals surface area (Å²) in [6, 6.07) is 7.69. The molecule has 2 amide bonds. The van der Waals surface area contributed by atoms with E-state index in [1.165, 1.54) is 49.4 Å². The van der Waals surface area contributed by atoms with Gasteiger partial charge in [0.2, 0.25) is 0 Å². The third-order valence-corrected chi connectivity index (χ3v) is 17.6. The molecular formula is C43H55N3NiO22S6. The number of unbranched alkanes of at least 4 members (excludes halogenated alkanes) is 2. The maximum absolute atomic E-state index is 13.9. The van der Waals surface area contributed by atoms with Crippen LogP contribution in [0.5, 0.6) is 0 Å². The molecule has 0 fully saturated rings. The fourth-order valence-corrected chi connectivity index (χ4v) is 12.1. The standard InChI is InChI=1S/C43H55N3O22S6.Ni/c1-42(17-8-22-69(51,52)53,34-14-12-29(40(49)44-19-24-71(57,58)59)26-33(34)41(50)45-20-25-72(60,61)62)16-7-5-10-37-43(2,18-6-3-4-11-38(47)48)39-32-27-30(73(63,64)65)28-36(74(66,67)68)31(32)13-15-35(39)46(37)21-9-23-70(54,55)56;/h5,7,10,12-15,26-28H,3-4,6,8-9,11,17-25H2,1-2H3,(H,44,49)(H,45,50)(H,47,48)(H,51,52,53)(H,54,55,56)(H,57,58,59)(H,60,61,62)(H,63,64,65)(H,66,67,68);/b7-5+,37-10+;. The Morgan fingerprint density at radius 2 is 1.25 bits per heavy atom. The molecule has 0 spiro atoms. The number of hydrogen-bond acceptors (Lipinski definition) is 16. The number of nitrogens with one attached hydrogen (secondary N) is 2. The Hall–Kier alpha value is -4.57. The van der Waals surface area contributed by atoms with Crippen LogP contribution in [0.3, 0.4) is 0 Å². The van der Waals surface area contributed by atoms with Gasteiger partial charge in [0.15, 0.2) is 0 Å². The second-order valence-corrected chi connectivity index (χ2v) is 27.4. The monoisotopic (exact) mass is 1220 g/mol. The Bertz CT molecular complexity index is 3510. The van der Waals surface area contributed by atoms with Crippen LogP contribution in [0, 0.1) is 0 Å². The van der Waals surface area contributed by atoms with Crippen LogP contribution in [0.4, 0.5) is 5.69 Å². The van der Waals surface area contributed by atoms with Crippen LogP contribution in [0.15, 0.2) is 76.2 Å². The van der Waals surface area contributed by atoms with E-state index in [9.17, 15) is 92.8 Å². The van der Waals surface area contributed by atoms with Gasteiger partial charge in [-0.15, -0.1) is 0 Å².